The maximum atomic E-state index is 4.99. The summed E-state index contributed by atoms with van der Waals surface area (Å²) in [6, 6.07) is 0. The van der Waals surface area contributed by atoms with Crippen LogP contribution in [0.5, 0.6) is 0 Å². The van der Waals surface area contributed by atoms with Gasteiger partial charge in [-0.15, -0.1) is 11.3 Å². The minimum absolute atomic E-state index is 0.583. The van der Waals surface area contributed by atoms with Crippen molar-refractivity contribution in [3.63, 3.8) is 0 Å². The number of hydrogen-bond donors (Lipinski definition) is 1. The van der Waals surface area contributed by atoms with E-state index in [4.69, 9.17) is 4.52 Å². The summed E-state index contributed by atoms with van der Waals surface area (Å²) in [5.41, 5.74) is 1.07. The zero-order valence-corrected chi connectivity index (χ0v) is 10.2. The fourth-order valence-electron chi connectivity index (χ4n) is 1.30. The molecule has 0 bridgehead atoms. The minimum Gasteiger partial charge on any atom is -0.338 e. The van der Waals surface area contributed by atoms with Crippen LogP contribution in [0.3, 0.4) is 0 Å². The molecule has 0 radical (unpaired) electrons. The van der Waals surface area contributed by atoms with Crippen molar-refractivity contribution < 1.29 is 4.52 Å². The topological polar surface area (TPSA) is 63.8 Å². The van der Waals surface area contributed by atoms with E-state index in [-0.39, 0.29) is 0 Å². The highest BCUT2D eigenvalue weighted by molar-refractivity contribution is 7.09. The van der Waals surface area contributed by atoms with Gasteiger partial charge in [0.1, 0.15) is 0 Å². The van der Waals surface area contributed by atoms with E-state index in [9.17, 15) is 0 Å². The van der Waals surface area contributed by atoms with Crippen LogP contribution >= 0.6 is 11.3 Å². The molecule has 1 N–H and O–H groups in total. The second-order valence-electron chi connectivity index (χ2n) is 3.43. The number of thiazole rings is 1. The van der Waals surface area contributed by atoms with Crippen LogP contribution in [0.2, 0.25) is 0 Å². The van der Waals surface area contributed by atoms with Gasteiger partial charge in [0.25, 0.3) is 0 Å². The predicted octanol–water partition coefficient (Wildman–Crippen LogP) is 1.69. The molecule has 0 amide bonds. The molecule has 6 heteroatoms. The van der Waals surface area contributed by atoms with E-state index >= 15 is 0 Å². The fraction of sp³-hybridized carbons (Fsp3) is 0.500. The highest BCUT2D eigenvalue weighted by atomic mass is 32.1. The molecule has 0 saturated heterocycles. The van der Waals surface area contributed by atoms with Crippen LogP contribution in [0.4, 0.5) is 0 Å². The summed E-state index contributed by atoms with van der Waals surface area (Å²) >= 11 is 1.70. The predicted molar refractivity (Wildman–Crippen MR) is 61.1 cm³/mol. The number of hydrogen-bond acceptors (Lipinski definition) is 6. The summed E-state index contributed by atoms with van der Waals surface area (Å²) in [6.07, 6.45) is 0.994. The average Bonchev–Trinajstić information content (AvgIpc) is 2.88. The van der Waals surface area contributed by atoms with Crippen molar-refractivity contribution in [3.05, 3.63) is 27.8 Å². The second kappa shape index (κ2) is 5.18. The summed E-state index contributed by atoms with van der Waals surface area (Å²) in [5.74, 6) is 1.28. The Morgan fingerprint density at radius 1 is 1.38 bits per heavy atom. The van der Waals surface area contributed by atoms with E-state index in [0.717, 1.165) is 18.7 Å². The SMILES string of the molecule is CCc1nc(CNCc2nc(C)no2)cs1. The van der Waals surface area contributed by atoms with Crippen LogP contribution in [0.1, 0.15) is 29.3 Å². The van der Waals surface area contributed by atoms with Gasteiger partial charge in [-0.1, -0.05) is 12.1 Å². The van der Waals surface area contributed by atoms with Crippen LogP contribution in [0, 0.1) is 6.92 Å². The van der Waals surface area contributed by atoms with Gasteiger partial charge in [-0.2, -0.15) is 4.98 Å². The Bertz CT molecular complexity index is 451. The number of nitrogens with zero attached hydrogens (tertiary/aromatic N) is 3. The molecule has 5 nitrogen and oxygen atoms in total. The first-order valence-corrected chi connectivity index (χ1v) is 6.09. The lowest BCUT2D eigenvalue weighted by molar-refractivity contribution is 0.364. The first-order chi connectivity index (χ1) is 7.78. The third kappa shape index (κ3) is 2.86. The van der Waals surface area contributed by atoms with Gasteiger partial charge in [-0.05, 0) is 13.3 Å². The third-order valence-corrected chi connectivity index (χ3v) is 3.10. The van der Waals surface area contributed by atoms with Gasteiger partial charge >= 0.3 is 0 Å². The summed E-state index contributed by atoms with van der Waals surface area (Å²) < 4.78 is 4.99. The standard InChI is InChI=1S/C10H14N4OS/c1-3-10-13-8(6-16-10)4-11-5-9-12-7(2)14-15-9/h6,11H,3-5H2,1-2H3. The molecule has 0 aliphatic rings. The minimum atomic E-state index is 0.583. The van der Waals surface area contributed by atoms with Crippen molar-refractivity contribution in [1.29, 1.82) is 0 Å². The van der Waals surface area contributed by atoms with Crippen LogP contribution in [0.25, 0.3) is 0 Å². The van der Waals surface area contributed by atoms with Gasteiger partial charge in [0.15, 0.2) is 5.82 Å². The molecule has 0 aliphatic carbocycles. The van der Waals surface area contributed by atoms with Gasteiger partial charge in [-0.25, -0.2) is 4.98 Å². The molecule has 0 atom stereocenters. The maximum Gasteiger partial charge on any atom is 0.240 e. The number of aromatic nitrogens is 3. The van der Waals surface area contributed by atoms with E-state index in [0.29, 0.717) is 18.3 Å². The molecule has 2 rings (SSSR count). The highest BCUT2D eigenvalue weighted by Crippen LogP contribution is 2.09. The lowest BCUT2D eigenvalue weighted by Gasteiger charge is -1.97. The van der Waals surface area contributed by atoms with Crippen molar-refractivity contribution in [2.45, 2.75) is 33.4 Å². The molecule has 0 unspecified atom stereocenters. The van der Waals surface area contributed by atoms with E-state index in [1.807, 2.05) is 0 Å². The van der Waals surface area contributed by atoms with Crippen molar-refractivity contribution in [2.75, 3.05) is 0 Å². The van der Waals surface area contributed by atoms with Crippen molar-refractivity contribution in [3.8, 4) is 0 Å². The molecule has 0 saturated carbocycles. The lowest BCUT2D eigenvalue weighted by Crippen LogP contribution is -2.13. The first-order valence-electron chi connectivity index (χ1n) is 5.21. The Hall–Kier alpha value is -1.27. The van der Waals surface area contributed by atoms with Crippen LogP contribution < -0.4 is 5.32 Å². The number of nitrogens with one attached hydrogen (secondary N) is 1. The maximum absolute atomic E-state index is 4.99. The zero-order valence-electron chi connectivity index (χ0n) is 9.36. The Morgan fingerprint density at radius 3 is 2.88 bits per heavy atom. The van der Waals surface area contributed by atoms with E-state index in [1.54, 1.807) is 18.3 Å². The van der Waals surface area contributed by atoms with Crippen LogP contribution in [-0.4, -0.2) is 15.1 Å². The number of rotatable bonds is 5. The van der Waals surface area contributed by atoms with Crippen LogP contribution in [0.15, 0.2) is 9.90 Å². The molecule has 2 aromatic rings. The molecule has 2 aromatic heterocycles. The molecule has 2 heterocycles. The summed E-state index contributed by atoms with van der Waals surface area (Å²) in [6.45, 7) is 5.23. The normalized spacial score (nSPS) is 10.9. The molecular weight excluding hydrogens is 224 g/mol. The zero-order chi connectivity index (χ0) is 11.4. The quantitative estimate of drug-likeness (QED) is 0.858. The van der Waals surface area contributed by atoms with Crippen molar-refractivity contribution in [1.82, 2.24) is 20.4 Å². The molecular formula is C10H14N4OS. The monoisotopic (exact) mass is 238 g/mol. The molecule has 0 aromatic carbocycles. The molecule has 0 spiro atoms. The van der Waals surface area contributed by atoms with Gasteiger partial charge < -0.3 is 9.84 Å². The largest absolute Gasteiger partial charge is 0.338 e. The Kier molecular flexibility index (Phi) is 3.63. The number of aryl methyl sites for hydroxylation is 2. The Labute approximate surface area is 97.9 Å². The fourth-order valence-corrected chi connectivity index (χ4v) is 2.05. The molecule has 16 heavy (non-hydrogen) atoms. The summed E-state index contributed by atoms with van der Waals surface area (Å²) in [4.78, 5) is 8.56. The van der Waals surface area contributed by atoms with Crippen molar-refractivity contribution in [2.24, 2.45) is 0 Å². The van der Waals surface area contributed by atoms with Gasteiger partial charge in [0.2, 0.25) is 5.89 Å². The lowest BCUT2D eigenvalue weighted by atomic mass is 10.4. The highest BCUT2D eigenvalue weighted by Gasteiger charge is 2.03. The summed E-state index contributed by atoms with van der Waals surface area (Å²) in [5, 5.41) is 10.2. The van der Waals surface area contributed by atoms with E-state index < -0.39 is 0 Å². The summed E-state index contributed by atoms with van der Waals surface area (Å²) in [7, 11) is 0. The third-order valence-electron chi connectivity index (χ3n) is 2.05. The first kappa shape index (κ1) is 11.2. The van der Waals surface area contributed by atoms with Gasteiger partial charge in [0.05, 0.1) is 17.2 Å². The molecule has 0 aliphatic heterocycles. The van der Waals surface area contributed by atoms with E-state index in [2.05, 4.69) is 32.7 Å². The Morgan fingerprint density at radius 2 is 2.25 bits per heavy atom. The average molecular weight is 238 g/mol. The Balaban J connectivity index is 1.79. The smallest absolute Gasteiger partial charge is 0.240 e. The molecule has 0 fully saturated rings. The van der Waals surface area contributed by atoms with Crippen molar-refractivity contribution >= 4 is 11.3 Å². The molecule has 86 valence electrons. The van der Waals surface area contributed by atoms with Crippen LogP contribution in [-0.2, 0) is 19.5 Å². The van der Waals surface area contributed by atoms with Gasteiger partial charge in [0, 0.05) is 11.9 Å². The van der Waals surface area contributed by atoms with Gasteiger partial charge in [-0.3, -0.25) is 0 Å². The van der Waals surface area contributed by atoms with E-state index in [1.165, 1.54) is 5.01 Å². The second-order valence-corrected chi connectivity index (χ2v) is 4.37.